The van der Waals surface area contributed by atoms with Crippen LogP contribution in [0.1, 0.15) is 31.7 Å². The van der Waals surface area contributed by atoms with Crippen LogP contribution in [0.5, 0.6) is 0 Å². The number of Topliss-reactive ketones (excluding diaryl/α,β-unsaturated/α-hetero) is 1. The zero-order valence-corrected chi connectivity index (χ0v) is 8.69. The van der Waals surface area contributed by atoms with Crippen LogP contribution in [0, 0.1) is 5.41 Å². The molecule has 2 rings (SSSR count). The molecule has 0 saturated heterocycles. The average Bonchev–Trinajstić information content (AvgIpc) is 2.70. The van der Waals surface area contributed by atoms with Crippen LogP contribution in [-0.4, -0.2) is 5.78 Å². The van der Waals surface area contributed by atoms with Crippen LogP contribution < -0.4 is 0 Å². The van der Waals surface area contributed by atoms with Gasteiger partial charge >= 0.3 is 0 Å². The van der Waals surface area contributed by atoms with Crippen molar-refractivity contribution in [1.29, 1.82) is 0 Å². The largest absolute Gasteiger partial charge is 0.299 e. The minimum Gasteiger partial charge on any atom is -0.299 e. The van der Waals surface area contributed by atoms with Crippen molar-refractivity contribution in [3.8, 4) is 0 Å². The van der Waals surface area contributed by atoms with Crippen LogP contribution in [0.3, 0.4) is 0 Å². The maximum absolute atomic E-state index is 11.6. The van der Waals surface area contributed by atoms with Gasteiger partial charge in [0.25, 0.3) is 0 Å². The fourth-order valence-electron chi connectivity index (χ4n) is 1.46. The Balaban J connectivity index is 1.83. The molecule has 0 atom stereocenters. The molecule has 1 aromatic heterocycles. The molecule has 1 aliphatic rings. The van der Waals surface area contributed by atoms with Gasteiger partial charge in [-0.25, -0.2) is 0 Å². The van der Waals surface area contributed by atoms with Crippen molar-refractivity contribution in [3.63, 3.8) is 0 Å². The highest BCUT2D eigenvalue weighted by molar-refractivity contribution is 7.07. The molecule has 1 fully saturated rings. The molecule has 0 amide bonds. The predicted octanol–water partition coefficient (Wildman–Crippen LogP) is 3.05. The highest BCUT2D eigenvalue weighted by Gasteiger charge is 2.43. The van der Waals surface area contributed by atoms with E-state index in [1.807, 2.05) is 0 Å². The van der Waals surface area contributed by atoms with Crippen molar-refractivity contribution in [1.82, 2.24) is 0 Å². The minimum absolute atomic E-state index is 0.0655. The Kier molecular flexibility index (Phi) is 2.24. The summed E-state index contributed by atoms with van der Waals surface area (Å²) in [6.45, 7) is 2.09. The topological polar surface area (TPSA) is 17.1 Å². The van der Waals surface area contributed by atoms with Gasteiger partial charge in [0.15, 0.2) is 0 Å². The lowest BCUT2D eigenvalue weighted by molar-refractivity contribution is -0.123. The lowest BCUT2D eigenvalue weighted by atomic mass is 9.98. The molecule has 0 radical (unpaired) electrons. The Morgan fingerprint density at radius 3 is 2.92 bits per heavy atom. The number of aryl methyl sites for hydroxylation is 1. The Bertz CT molecular complexity index is 296. The number of hydrogen-bond donors (Lipinski definition) is 0. The molecule has 0 bridgehead atoms. The summed E-state index contributed by atoms with van der Waals surface area (Å²) in [4.78, 5) is 11.6. The van der Waals surface area contributed by atoms with Gasteiger partial charge in [-0.15, -0.1) is 0 Å². The Morgan fingerprint density at radius 2 is 2.38 bits per heavy atom. The molecule has 0 unspecified atom stereocenters. The first-order chi connectivity index (χ1) is 6.21. The Labute approximate surface area is 82.8 Å². The van der Waals surface area contributed by atoms with Crippen molar-refractivity contribution in [2.45, 2.75) is 32.6 Å². The van der Waals surface area contributed by atoms with Gasteiger partial charge in [-0.05, 0) is 41.7 Å². The molecule has 70 valence electrons. The molecule has 2 heteroatoms. The third-order valence-corrected chi connectivity index (χ3v) is 3.63. The second kappa shape index (κ2) is 3.26. The van der Waals surface area contributed by atoms with Crippen LogP contribution >= 0.6 is 11.3 Å². The van der Waals surface area contributed by atoms with Crippen LogP contribution in [0.15, 0.2) is 16.8 Å². The Morgan fingerprint density at radius 1 is 1.62 bits per heavy atom. The molecule has 0 aromatic carbocycles. The smallest absolute Gasteiger partial charge is 0.139 e. The van der Waals surface area contributed by atoms with Crippen LogP contribution in [0.2, 0.25) is 0 Å². The lowest BCUT2D eigenvalue weighted by Crippen LogP contribution is -2.11. The molecule has 13 heavy (non-hydrogen) atoms. The van der Waals surface area contributed by atoms with Gasteiger partial charge in [0, 0.05) is 11.8 Å². The van der Waals surface area contributed by atoms with E-state index < -0.39 is 0 Å². The quantitative estimate of drug-likeness (QED) is 0.720. The van der Waals surface area contributed by atoms with E-state index in [2.05, 4.69) is 23.8 Å². The second-order valence-corrected chi connectivity index (χ2v) is 4.90. The van der Waals surface area contributed by atoms with E-state index in [0.29, 0.717) is 5.78 Å². The number of ketones is 1. The maximum atomic E-state index is 11.6. The number of carbonyl (C=O) groups excluding carboxylic acids is 1. The van der Waals surface area contributed by atoms with Gasteiger partial charge in [0.2, 0.25) is 0 Å². The fourth-order valence-corrected chi connectivity index (χ4v) is 2.16. The highest BCUT2D eigenvalue weighted by Crippen LogP contribution is 2.46. The average molecular weight is 194 g/mol. The number of thiophene rings is 1. The zero-order chi connectivity index (χ0) is 9.31. The zero-order valence-electron chi connectivity index (χ0n) is 7.88. The van der Waals surface area contributed by atoms with E-state index in [1.165, 1.54) is 5.56 Å². The molecule has 1 aromatic rings. The summed E-state index contributed by atoms with van der Waals surface area (Å²) in [6, 6.07) is 2.10. The molecule has 0 spiro atoms. The summed E-state index contributed by atoms with van der Waals surface area (Å²) in [5.74, 6) is 0.457. The summed E-state index contributed by atoms with van der Waals surface area (Å²) in [7, 11) is 0. The van der Waals surface area contributed by atoms with Crippen molar-refractivity contribution < 1.29 is 4.79 Å². The molecule has 1 saturated carbocycles. The molecule has 0 aliphatic heterocycles. The van der Waals surface area contributed by atoms with Gasteiger partial charge in [-0.2, -0.15) is 11.3 Å². The van der Waals surface area contributed by atoms with Gasteiger partial charge in [-0.1, -0.05) is 6.92 Å². The molecular formula is C11H14OS. The summed E-state index contributed by atoms with van der Waals surface area (Å²) >= 11 is 1.70. The van der Waals surface area contributed by atoms with Crippen LogP contribution in [0.4, 0.5) is 0 Å². The molecule has 1 nitrogen and oxygen atoms in total. The highest BCUT2D eigenvalue weighted by atomic mass is 32.1. The first-order valence-corrected chi connectivity index (χ1v) is 5.69. The third kappa shape index (κ3) is 1.99. The van der Waals surface area contributed by atoms with Crippen molar-refractivity contribution >= 4 is 17.1 Å². The van der Waals surface area contributed by atoms with Gasteiger partial charge in [-0.3, -0.25) is 4.79 Å². The van der Waals surface area contributed by atoms with Crippen molar-refractivity contribution in [2.75, 3.05) is 0 Å². The second-order valence-electron chi connectivity index (χ2n) is 4.12. The normalized spacial score (nSPS) is 18.5. The molecule has 0 N–H and O–H groups in total. The van der Waals surface area contributed by atoms with Crippen molar-refractivity contribution in [2.24, 2.45) is 5.41 Å². The first-order valence-electron chi connectivity index (χ1n) is 4.75. The predicted molar refractivity (Wildman–Crippen MR) is 55.0 cm³/mol. The summed E-state index contributed by atoms with van der Waals surface area (Å²) in [5, 5.41) is 4.20. The van der Waals surface area contributed by atoms with E-state index >= 15 is 0 Å². The molecular weight excluding hydrogens is 180 g/mol. The van der Waals surface area contributed by atoms with Crippen molar-refractivity contribution in [3.05, 3.63) is 22.4 Å². The van der Waals surface area contributed by atoms with Gasteiger partial charge in [0.05, 0.1) is 0 Å². The fraction of sp³-hybridized carbons (Fsp3) is 0.545. The van der Waals surface area contributed by atoms with Gasteiger partial charge in [0.1, 0.15) is 5.78 Å². The van der Waals surface area contributed by atoms with Gasteiger partial charge < -0.3 is 0 Å². The summed E-state index contributed by atoms with van der Waals surface area (Å²) < 4.78 is 0. The maximum Gasteiger partial charge on any atom is 0.139 e. The summed E-state index contributed by atoms with van der Waals surface area (Å²) in [5.41, 5.74) is 1.37. The third-order valence-electron chi connectivity index (χ3n) is 2.89. The van der Waals surface area contributed by atoms with Crippen LogP contribution in [0.25, 0.3) is 0 Å². The first kappa shape index (κ1) is 8.95. The number of rotatable bonds is 4. The number of hydrogen-bond acceptors (Lipinski definition) is 2. The monoisotopic (exact) mass is 194 g/mol. The lowest BCUT2D eigenvalue weighted by Gasteiger charge is -2.05. The minimum atomic E-state index is 0.0655. The molecule has 1 aliphatic carbocycles. The molecule has 1 heterocycles. The van der Waals surface area contributed by atoms with Crippen LogP contribution in [-0.2, 0) is 11.2 Å². The van der Waals surface area contributed by atoms with E-state index in [-0.39, 0.29) is 5.41 Å². The Hall–Kier alpha value is -0.630. The summed E-state index contributed by atoms with van der Waals surface area (Å²) in [6.07, 6.45) is 3.87. The van der Waals surface area contributed by atoms with E-state index in [4.69, 9.17) is 0 Å². The number of carbonyl (C=O) groups is 1. The van der Waals surface area contributed by atoms with E-state index in [0.717, 1.165) is 25.7 Å². The van der Waals surface area contributed by atoms with E-state index in [1.54, 1.807) is 11.3 Å². The van der Waals surface area contributed by atoms with E-state index in [9.17, 15) is 4.79 Å². The SMILES string of the molecule is CC1(C(=O)CCc2ccsc2)CC1. The standard InChI is InChI=1S/C11H14OS/c1-11(5-6-11)10(12)3-2-9-4-7-13-8-9/h4,7-8H,2-3,5-6H2,1H3.